The van der Waals surface area contributed by atoms with Crippen molar-refractivity contribution in [3.05, 3.63) is 29.8 Å². The number of fused-ring (bicyclic) bond motifs is 1. The molecule has 1 radical (unpaired) electrons. The Morgan fingerprint density at radius 1 is 1.38 bits per heavy atom. The zero-order valence-corrected chi connectivity index (χ0v) is 6.52. The van der Waals surface area contributed by atoms with E-state index in [-0.39, 0.29) is 5.78 Å². The summed E-state index contributed by atoms with van der Waals surface area (Å²) in [6.45, 7) is 1.18. The Balaban J connectivity index is 2.32. The van der Waals surface area contributed by atoms with Gasteiger partial charge in [-0.3, -0.25) is 4.79 Å². The fourth-order valence-electron chi connectivity index (χ4n) is 1.19. The summed E-state index contributed by atoms with van der Waals surface area (Å²) in [6.07, 6.45) is -1.16. The van der Waals surface area contributed by atoms with Gasteiger partial charge in [0.1, 0.15) is 5.75 Å². The maximum atomic E-state index is 11.4. The maximum Gasteiger partial charge on any atom is 0.421 e. The lowest BCUT2D eigenvalue weighted by Gasteiger charge is -2.03. The molecule has 0 saturated carbocycles. The zero-order chi connectivity index (χ0) is 9.26. The third-order valence-corrected chi connectivity index (χ3v) is 1.76. The number of benzene rings is 1. The molecule has 65 valence electrons. The molecule has 1 heterocycles. The molecule has 0 aliphatic carbocycles. The van der Waals surface area contributed by atoms with Gasteiger partial charge in [-0.15, -0.1) is 0 Å². The average molecular weight is 177 g/mol. The van der Waals surface area contributed by atoms with Gasteiger partial charge in [-0.1, -0.05) is 12.1 Å². The van der Waals surface area contributed by atoms with Crippen LogP contribution in [0.5, 0.6) is 5.75 Å². The second-order valence-corrected chi connectivity index (χ2v) is 2.51. The Labute approximate surface area is 74.1 Å². The van der Waals surface area contributed by atoms with E-state index in [2.05, 4.69) is 4.74 Å². The molecule has 0 amide bonds. The number of carbonyl (C=O) groups excluding carboxylic acids is 2. The highest BCUT2D eigenvalue weighted by molar-refractivity contribution is 6.04. The topological polar surface area (TPSA) is 52.6 Å². The van der Waals surface area contributed by atoms with Crippen molar-refractivity contribution >= 4 is 12.3 Å². The largest absolute Gasteiger partial charge is 0.447 e. The molecule has 0 N–H and O–H groups in total. The van der Waals surface area contributed by atoms with Crippen LogP contribution in [0.2, 0.25) is 0 Å². The number of para-hydroxylation sites is 1. The molecule has 1 aliphatic rings. The molecule has 1 aromatic rings. The van der Waals surface area contributed by atoms with E-state index in [1.165, 1.54) is 6.47 Å². The average Bonchev–Trinajstić information content (AvgIpc) is 2.46. The Morgan fingerprint density at radius 2 is 2.15 bits per heavy atom. The first-order chi connectivity index (χ1) is 6.33. The van der Waals surface area contributed by atoms with Crippen LogP contribution in [0.15, 0.2) is 24.3 Å². The van der Waals surface area contributed by atoms with E-state index in [9.17, 15) is 9.59 Å². The van der Waals surface area contributed by atoms with E-state index in [0.717, 1.165) is 0 Å². The molecule has 1 aromatic carbocycles. The van der Waals surface area contributed by atoms with Crippen molar-refractivity contribution < 1.29 is 19.1 Å². The molecule has 0 aromatic heterocycles. The molecule has 0 spiro atoms. The summed E-state index contributed by atoms with van der Waals surface area (Å²) < 4.78 is 9.35. The zero-order valence-electron chi connectivity index (χ0n) is 6.52. The second kappa shape index (κ2) is 2.90. The number of hydrogen-bond donors (Lipinski definition) is 0. The van der Waals surface area contributed by atoms with Crippen molar-refractivity contribution in [2.45, 2.75) is 6.29 Å². The maximum absolute atomic E-state index is 11.4. The first kappa shape index (κ1) is 7.79. The number of rotatable bonds is 2. The molecule has 4 heteroatoms. The van der Waals surface area contributed by atoms with Crippen LogP contribution < -0.4 is 4.74 Å². The van der Waals surface area contributed by atoms with E-state index in [1.54, 1.807) is 24.3 Å². The normalized spacial score (nSPS) is 19.1. The summed E-state index contributed by atoms with van der Waals surface area (Å²) in [5.41, 5.74) is 0.433. The quantitative estimate of drug-likeness (QED) is 0.666. The van der Waals surface area contributed by atoms with Crippen molar-refractivity contribution in [2.24, 2.45) is 0 Å². The summed E-state index contributed by atoms with van der Waals surface area (Å²) in [5, 5.41) is 0. The minimum absolute atomic E-state index is 0.348. The lowest BCUT2D eigenvalue weighted by atomic mass is 10.1. The number of Topliss-reactive ketones (excluding diaryl/α,β-unsaturated/α-hetero) is 1. The SMILES string of the molecule is O=[C]OC1Oc2ccccc2C1=O. The smallest absolute Gasteiger partial charge is 0.421 e. The first-order valence-corrected chi connectivity index (χ1v) is 3.65. The monoisotopic (exact) mass is 177 g/mol. The standard InChI is InChI=1S/C9H5O4/c10-5-12-9-8(11)6-3-1-2-4-7(6)13-9/h1-4,9H. The van der Waals surface area contributed by atoms with Crippen molar-refractivity contribution in [3.63, 3.8) is 0 Å². The van der Waals surface area contributed by atoms with Gasteiger partial charge in [0.05, 0.1) is 5.56 Å². The van der Waals surface area contributed by atoms with E-state index < -0.39 is 6.29 Å². The summed E-state index contributed by atoms with van der Waals surface area (Å²) in [5.74, 6) is 0.0895. The van der Waals surface area contributed by atoms with Crippen molar-refractivity contribution in [1.82, 2.24) is 0 Å². The van der Waals surface area contributed by atoms with Gasteiger partial charge in [0.15, 0.2) is 0 Å². The van der Waals surface area contributed by atoms with Crippen LogP contribution in [0, 0.1) is 0 Å². The van der Waals surface area contributed by atoms with Gasteiger partial charge in [0, 0.05) is 0 Å². The fourth-order valence-corrected chi connectivity index (χ4v) is 1.19. The van der Waals surface area contributed by atoms with E-state index in [4.69, 9.17) is 4.74 Å². The predicted molar refractivity (Wildman–Crippen MR) is 42.0 cm³/mol. The van der Waals surface area contributed by atoms with Crippen LogP contribution in [-0.2, 0) is 9.53 Å². The van der Waals surface area contributed by atoms with Gasteiger partial charge in [-0.25, -0.2) is 4.79 Å². The number of ether oxygens (including phenoxy) is 2. The molecule has 4 nitrogen and oxygen atoms in total. The molecule has 1 aliphatic heterocycles. The van der Waals surface area contributed by atoms with Crippen LogP contribution in [0.1, 0.15) is 10.4 Å². The summed E-state index contributed by atoms with van der Waals surface area (Å²) in [7, 11) is 0. The fraction of sp³-hybridized carbons (Fsp3) is 0.111. The molecule has 1 atom stereocenters. The number of hydrogen-bond acceptors (Lipinski definition) is 4. The predicted octanol–water partition coefficient (Wildman–Crippen LogP) is 0.672. The molecule has 0 bridgehead atoms. The van der Waals surface area contributed by atoms with Crippen LogP contribution in [-0.4, -0.2) is 18.5 Å². The Kier molecular flexibility index (Phi) is 1.73. The van der Waals surface area contributed by atoms with E-state index in [1.807, 2.05) is 0 Å². The summed E-state index contributed by atoms with van der Waals surface area (Å²) in [6, 6.07) is 6.71. The minimum atomic E-state index is -1.16. The summed E-state index contributed by atoms with van der Waals surface area (Å²) >= 11 is 0. The Morgan fingerprint density at radius 3 is 2.85 bits per heavy atom. The molecule has 13 heavy (non-hydrogen) atoms. The lowest BCUT2D eigenvalue weighted by Crippen LogP contribution is -2.23. The molecule has 1 unspecified atom stereocenters. The highest BCUT2D eigenvalue weighted by Gasteiger charge is 2.33. The summed E-state index contributed by atoms with van der Waals surface area (Å²) in [4.78, 5) is 21.2. The van der Waals surface area contributed by atoms with Crippen molar-refractivity contribution in [1.29, 1.82) is 0 Å². The first-order valence-electron chi connectivity index (χ1n) is 3.65. The number of carbonyl (C=O) groups is 1. The van der Waals surface area contributed by atoms with Gasteiger partial charge < -0.3 is 9.47 Å². The van der Waals surface area contributed by atoms with Crippen LogP contribution in [0.4, 0.5) is 0 Å². The van der Waals surface area contributed by atoms with Crippen LogP contribution in [0.25, 0.3) is 0 Å². The molecule has 0 fully saturated rings. The molecular formula is C9H5O4. The lowest BCUT2D eigenvalue weighted by molar-refractivity contribution is 0.0153. The van der Waals surface area contributed by atoms with Crippen LogP contribution in [0.3, 0.4) is 0 Å². The molecule has 2 rings (SSSR count). The third-order valence-electron chi connectivity index (χ3n) is 1.76. The van der Waals surface area contributed by atoms with Crippen LogP contribution >= 0.6 is 0 Å². The molecular weight excluding hydrogens is 172 g/mol. The van der Waals surface area contributed by atoms with Crippen molar-refractivity contribution in [2.75, 3.05) is 0 Å². The molecule has 0 saturated heterocycles. The minimum Gasteiger partial charge on any atom is -0.447 e. The second-order valence-electron chi connectivity index (χ2n) is 2.51. The van der Waals surface area contributed by atoms with Crippen molar-refractivity contribution in [3.8, 4) is 5.75 Å². The van der Waals surface area contributed by atoms with E-state index in [0.29, 0.717) is 11.3 Å². The third kappa shape index (κ3) is 1.16. The number of ketones is 1. The van der Waals surface area contributed by atoms with Gasteiger partial charge in [0.2, 0.25) is 5.78 Å². The highest BCUT2D eigenvalue weighted by Crippen LogP contribution is 2.28. The Hall–Kier alpha value is -1.84. The van der Waals surface area contributed by atoms with Gasteiger partial charge in [-0.2, -0.15) is 0 Å². The van der Waals surface area contributed by atoms with Gasteiger partial charge in [-0.05, 0) is 12.1 Å². The van der Waals surface area contributed by atoms with Gasteiger partial charge >= 0.3 is 12.8 Å². The highest BCUT2D eigenvalue weighted by atomic mass is 16.7. The van der Waals surface area contributed by atoms with Gasteiger partial charge in [0.25, 0.3) is 0 Å². The van der Waals surface area contributed by atoms with E-state index >= 15 is 0 Å². The Bertz CT molecular complexity index is 358.